The van der Waals surface area contributed by atoms with Gasteiger partial charge >= 0.3 is 0 Å². The molecule has 1 aliphatic rings. The molecule has 1 aromatic rings. The van der Waals surface area contributed by atoms with Crippen molar-refractivity contribution in [1.29, 1.82) is 0 Å². The lowest BCUT2D eigenvalue weighted by atomic mass is 10.2. The second-order valence-corrected chi connectivity index (χ2v) is 4.69. The minimum Gasteiger partial charge on any atom is -0.370 e. The molecule has 0 atom stereocenters. The average molecular weight is 317 g/mol. The first-order valence-corrected chi connectivity index (χ1v) is 5.90. The van der Waals surface area contributed by atoms with Crippen LogP contribution in [0.4, 0.5) is 5.69 Å². The normalized spacial score (nSPS) is 16.9. The Kier molecular flexibility index (Phi) is 3.25. The van der Waals surface area contributed by atoms with Crippen LogP contribution in [0.5, 0.6) is 0 Å². The molecule has 1 amide bonds. The molecule has 1 aliphatic heterocycles. The first-order valence-electron chi connectivity index (χ1n) is 4.83. The fraction of sp³-hybridized carbons (Fsp3) is 0.364. The largest absolute Gasteiger partial charge is 0.370 e. The van der Waals surface area contributed by atoms with Gasteiger partial charge in [-0.1, -0.05) is 6.07 Å². The molecule has 0 radical (unpaired) electrons. The number of carbonyl (C=O) groups is 1. The van der Waals surface area contributed by atoms with Gasteiger partial charge in [-0.3, -0.25) is 4.79 Å². The number of ether oxygens (including phenoxy) is 1. The molecule has 0 aromatic heterocycles. The minimum atomic E-state index is 0.0425. The molecule has 3 nitrogen and oxygen atoms in total. The van der Waals surface area contributed by atoms with Crippen LogP contribution in [0, 0.1) is 10.5 Å². The number of benzene rings is 1. The number of halogens is 1. The number of morpholine rings is 1. The van der Waals surface area contributed by atoms with Gasteiger partial charge in [0.1, 0.15) is 6.61 Å². The lowest BCUT2D eigenvalue weighted by Crippen LogP contribution is -2.41. The molecule has 1 fully saturated rings. The lowest BCUT2D eigenvalue weighted by Gasteiger charge is -2.27. The number of anilines is 1. The Morgan fingerprint density at radius 1 is 1.47 bits per heavy atom. The van der Waals surface area contributed by atoms with Crippen LogP contribution < -0.4 is 4.90 Å². The van der Waals surface area contributed by atoms with Crippen LogP contribution in [0.15, 0.2) is 18.2 Å². The Balaban J connectivity index is 2.28. The van der Waals surface area contributed by atoms with E-state index in [0.717, 1.165) is 5.69 Å². The smallest absolute Gasteiger partial charge is 0.253 e. The van der Waals surface area contributed by atoms with Crippen molar-refractivity contribution in [2.24, 2.45) is 0 Å². The summed E-state index contributed by atoms with van der Waals surface area (Å²) in [6.45, 7) is 3.53. The van der Waals surface area contributed by atoms with Crippen molar-refractivity contribution in [2.45, 2.75) is 6.92 Å². The highest BCUT2D eigenvalue weighted by atomic mass is 127. The van der Waals surface area contributed by atoms with E-state index < -0.39 is 0 Å². The summed E-state index contributed by atoms with van der Waals surface area (Å²) in [7, 11) is 0. The van der Waals surface area contributed by atoms with Crippen molar-refractivity contribution in [3.8, 4) is 0 Å². The molecular weight excluding hydrogens is 305 g/mol. The molecule has 0 saturated carbocycles. The number of hydrogen-bond donors (Lipinski definition) is 0. The van der Waals surface area contributed by atoms with Gasteiger partial charge in [0.15, 0.2) is 0 Å². The van der Waals surface area contributed by atoms with Crippen LogP contribution in [0.2, 0.25) is 0 Å². The van der Waals surface area contributed by atoms with Gasteiger partial charge in [0.05, 0.1) is 6.61 Å². The van der Waals surface area contributed by atoms with Crippen molar-refractivity contribution < 1.29 is 9.53 Å². The summed E-state index contributed by atoms with van der Waals surface area (Å²) in [5.41, 5.74) is 2.21. The Hall–Kier alpha value is -0.620. The zero-order valence-corrected chi connectivity index (χ0v) is 10.7. The van der Waals surface area contributed by atoms with E-state index in [4.69, 9.17) is 4.74 Å². The molecule has 1 heterocycles. The Bertz CT molecular complexity index is 392. The molecular formula is C11H12INO2. The number of rotatable bonds is 1. The van der Waals surface area contributed by atoms with E-state index in [1.54, 1.807) is 4.90 Å². The van der Waals surface area contributed by atoms with Crippen LogP contribution in [0.3, 0.4) is 0 Å². The fourth-order valence-corrected chi connectivity index (χ4v) is 2.04. The lowest BCUT2D eigenvalue weighted by molar-refractivity contribution is -0.125. The van der Waals surface area contributed by atoms with Gasteiger partial charge in [0.2, 0.25) is 0 Å². The summed E-state index contributed by atoms with van der Waals surface area (Å²) in [6, 6.07) is 6.07. The van der Waals surface area contributed by atoms with Gasteiger partial charge < -0.3 is 9.64 Å². The maximum absolute atomic E-state index is 11.6. The van der Waals surface area contributed by atoms with Crippen LogP contribution >= 0.6 is 22.6 Å². The minimum absolute atomic E-state index is 0.0425. The van der Waals surface area contributed by atoms with Gasteiger partial charge in [-0.2, -0.15) is 0 Å². The van der Waals surface area contributed by atoms with Crippen LogP contribution in [0.1, 0.15) is 5.56 Å². The van der Waals surface area contributed by atoms with Crippen molar-refractivity contribution in [3.63, 3.8) is 0 Å². The number of amides is 1. The average Bonchev–Trinajstić information content (AvgIpc) is 2.23. The van der Waals surface area contributed by atoms with Gasteiger partial charge in [-0.15, -0.1) is 0 Å². The second-order valence-electron chi connectivity index (χ2n) is 3.53. The van der Waals surface area contributed by atoms with Gasteiger partial charge in [0, 0.05) is 15.8 Å². The maximum Gasteiger partial charge on any atom is 0.253 e. The SMILES string of the molecule is Cc1ccc(N2CCOCC2=O)cc1I. The first kappa shape index (κ1) is 10.9. The third kappa shape index (κ3) is 2.31. The van der Waals surface area contributed by atoms with E-state index in [-0.39, 0.29) is 12.5 Å². The summed E-state index contributed by atoms with van der Waals surface area (Å²) in [5, 5.41) is 0. The van der Waals surface area contributed by atoms with Gasteiger partial charge in [-0.25, -0.2) is 0 Å². The quantitative estimate of drug-likeness (QED) is 0.741. The van der Waals surface area contributed by atoms with E-state index in [2.05, 4.69) is 29.5 Å². The molecule has 0 aliphatic carbocycles. The third-order valence-electron chi connectivity index (χ3n) is 2.45. The van der Waals surface area contributed by atoms with Crippen molar-refractivity contribution >= 4 is 34.2 Å². The monoisotopic (exact) mass is 317 g/mol. The molecule has 1 aromatic carbocycles. The number of hydrogen-bond acceptors (Lipinski definition) is 2. The first-order chi connectivity index (χ1) is 7.18. The van der Waals surface area contributed by atoms with Crippen LogP contribution in [0.25, 0.3) is 0 Å². The zero-order valence-electron chi connectivity index (χ0n) is 8.50. The number of aryl methyl sites for hydroxylation is 1. The summed E-state index contributed by atoms with van der Waals surface area (Å²) >= 11 is 2.28. The summed E-state index contributed by atoms with van der Waals surface area (Å²) in [4.78, 5) is 13.4. The predicted molar refractivity (Wildman–Crippen MR) is 67.1 cm³/mol. The molecule has 0 N–H and O–H groups in total. The third-order valence-corrected chi connectivity index (χ3v) is 3.62. The summed E-state index contributed by atoms with van der Waals surface area (Å²) in [5.74, 6) is 0.0425. The van der Waals surface area contributed by atoms with E-state index in [0.29, 0.717) is 13.2 Å². The van der Waals surface area contributed by atoms with Crippen LogP contribution in [-0.4, -0.2) is 25.7 Å². The standard InChI is InChI=1S/C11H12INO2/c1-8-2-3-9(6-10(8)12)13-4-5-15-7-11(13)14/h2-3,6H,4-5,7H2,1H3. The second kappa shape index (κ2) is 4.49. The Morgan fingerprint density at radius 2 is 2.27 bits per heavy atom. The van der Waals surface area contributed by atoms with Gasteiger partial charge in [0.25, 0.3) is 5.91 Å². The maximum atomic E-state index is 11.6. The Labute approximate surface area is 103 Å². The molecule has 15 heavy (non-hydrogen) atoms. The van der Waals surface area contributed by atoms with E-state index in [1.807, 2.05) is 18.2 Å². The van der Waals surface area contributed by atoms with Crippen molar-refractivity contribution in [1.82, 2.24) is 0 Å². The molecule has 4 heteroatoms. The molecule has 0 spiro atoms. The van der Waals surface area contributed by atoms with Crippen molar-refractivity contribution in [2.75, 3.05) is 24.7 Å². The van der Waals surface area contributed by atoms with E-state index in [1.165, 1.54) is 9.13 Å². The summed E-state index contributed by atoms with van der Waals surface area (Å²) < 4.78 is 6.28. The highest BCUT2D eigenvalue weighted by Crippen LogP contribution is 2.21. The summed E-state index contributed by atoms with van der Waals surface area (Å²) in [6.07, 6.45) is 0. The van der Waals surface area contributed by atoms with Crippen LogP contribution in [-0.2, 0) is 9.53 Å². The predicted octanol–water partition coefficient (Wildman–Crippen LogP) is 1.96. The fourth-order valence-electron chi connectivity index (χ4n) is 1.54. The van der Waals surface area contributed by atoms with Crippen molar-refractivity contribution in [3.05, 3.63) is 27.3 Å². The topological polar surface area (TPSA) is 29.5 Å². The molecule has 1 saturated heterocycles. The highest BCUT2D eigenvalue weighted by molar-refractivity contribution is 14.1. The molecule has 80 valence electrons. The van der Waals surface area contributed by atoms with E-state index >= 15 is 0 Å². The van der Waals surface area contributed by atoms with Gasteiger partial charge in [-0.05, 0) is 47.2 Å². The molecule has 0 unspecified atom stereocenters. The number of nitrogens with zero attached hydrogens (tertiary/aromatic N) is 1. The molecule has 0 bridgehead atoms. The highest BCUT2D eigenvalue weighted by Gasteiger charge is 2.20. The number of carbonyl (C=O) groups excluding carboxylic acids is 1. The Morgan fingerprint density at radius 3 is 2.93 bits per heavy atom. The van der Waals surface area contributed by atoms with E-state index in [9.17, 15) is 4.79 Å². The zero-order chi connectivity index (χ0) is 10.8. The molecule has 2 rings (SSSR count).